The maximum atomic E-state index is 12.8. The molecule has 0 spiro atoms. The number of pyridine rings is 1. The second kappa shape index (κ2) is 9.99. The number of benzene rings is 1. The van der Waals surface area contributed by atoms with Crippen molar-refractivity contribution in [2.75, 3.05) is 7.11 Å². The fourth-order valence-electron chi connectivity index (χ4n) is 3.74. The quantitative estimate of drug-likeness (QED) is 0.500. The van der Waals surface area contributed by atoms with E-state index in [9.17, 15) is 14.4 Å². The summed E-state index contributed by atoms with van der Waals surface area (Å²) in [5.41, 5.74) is 9.68. The molecule has 1 aliphatic rings. The molecule has 3 aromatic rings. The van der Waals surface area contributed by atoms with E-state index < -0.39 is 17.7 Å². The van der Waals surface area contributed by atoms with Gasteiger partial charge in [0.25, 0.3) is 11.8 Å². The van der Waals surface area contributed by atoms with E-state index in [1.165, 1.54) is 13.3 Å². The second-order valence-corrected chi connectivity index (χ2v) is 7.53. The number of nitrogens with zero attached hydrogens (tertiary/aromatic N) is 2. The summed E-state index contributed by atoms with van der Waals surface area (Å²) in [6.45, 7) is 1.74. The van der Waals surface area contributed by atoms with Crippen molar-refractivity contribution in [3.63, 3.8) is 0 Å². The number of rotatable bonds is 5. The van der Waals surface area contributed by atoms with Gasteiger partial charge in [-0.3, -0.25) is 30.2 Å². The predicted molar refractivity (Wildman–Crippen MR) is 123 cm³/mol. The Morgan fingerprint density at radius 3 is 2.53 bits per heavy atom. The van der Waals surface area contributed by atoms with E-state index in [2.05, 4.69) is 26.4 Å². The topological polar surface area (TPSA) is 135 Å². The third kappa shape index (κ3) is 4.65. The van der Waals surface area contributed by atoms with Crippen molar-refractivity contribution in [3.05, 3.63) is 82.6 Å². The summed E-state index contributed by atoms with van der Waals surface area (Å²) in [5, 5.41) is 4.27. The number of hydrazone groups is 1. The first-order valence-electron chi connectivity index (χ1n) is 10.6. The molecule has 0 saturated heterocycles. The first-order chi connectivity index (χ1) is 16.5. The van der Waals surface area contributed by atoms with Gasteiger partial charge in [0, 0.05) is 23.7 Å². The molecule has 4 rings (SSSR count). The van der Waals surface area contributed by atoms with Crippen LogP contribution >= 0.6 is 0 Å². The van der Waals surface area contributed by atoms with E-state index in [0.29, 0.717) is 41.2 Å². The number of hydrazine groups is 1. The molecule has 2 aromatic heterocycles. The largest absolute Gasteiger partial charge is 0.496 e. The summed E-state index contributed by atoms with van der Waals surface area (Å²) >= 11 is 0. The van der Waals surface area contributed by atoms with Crippen LogP contribution in [-0.2, 0) is 6.42 Å². The van der Waals surface area contributed by atoms with Crippen molar-refractivity contribution in [2.45, 2.75) is 26.2 Å². The van der Waals surface area contributed by atoms with Gasteiger partial charge in [-0.1, -0.05) is 18.2 Å². The van der Waals surface area contributed by atoms with Gasteiger partial charge in [0.2, 0.25) is 0 Å². The van der Waals surface area contributed by atoms with Gasteiger partial charge in [-0.05, 0) is 44.0 Å². The zero-order valence-electron chi connectivity index (χ0n) is 18.7. The van der Waals surface area contributed by atoms with Crippen LogP contribution in [0.5, 0.6) is 5.75 Å². The molecule has 0 saturated carbocycles. The van der Waals surface area contributed by atoms with Crippen molar-refractivity contribution in [3.8, 4) is 5.75 Å². The van der Waals surface area contributed by atoms with E-state index in [4.69, 9.17) is 9.15 Å². The zero-order valence-corrected chi connectivity index (χ0v) is 18.7. The van der Waals surface area contributed by atoms with E-state index in [-0.39, 0.29) is 17.0 Å². The maximum absolute atomic E-state index is 12.8. The van der Waals surface area contributed by atoms with Crippen LogP contribution in [0.25, 0.3) is 0 Å². The van der Waals surface area contributed by atoms with Gasteiger partial charge in [0.05, 0.1) is 18.4 Å². The first kappa shape index (κ1) is 22.7. The summed E-state index contributed by atoms with van der Waals surface area (Å²) in [6.07, 6.45) is 3.52. The molecule has 10 nitrogen and oxygen atoms in total. The number of carbonyl (C=O) groups excluding carboxylic acids is 3. The lowest BCUT2D eigenvalue weighted by Gasteiger charge is -2.13. The highest BCUT2D eigenvalue weighted by Crippen LogP contribution is 2.29. The number of fused-ring (bicyclic) bond motifs is 1. The monoisotopic (exact) mass is 461 g/mol. The molecular weight excluding hydrogens is 438 g/mol. The lowest BCUT2D eigenvalue weighted by molar-refractivity contribution is 0.0827. The lowest BCUT2D eigenvalue weighted by atomic mass is 9.93. The van der Waals surface area contributed by atoms with Gasteiger partial charge in [0.15, 0.2) is 5.76 Å². The Kier molecular flexibility index (Phi) is 6.67. The number of ether oxygens (including phenoxy) is 1. The molecule has 1 aromatic carbocycles. The number of methoxy groups -OCH3 is 1. The molecule has 0 atom stereocenters. The fourth-order valence-corrected chi connectivity index (χ4v) is 3.74. The summed E-state index contributed by atoms with van der Waals surface area (Å²) < 4.78 is 11.0. The number of furan rings is 1. The molecule has 2 heterocycles. The Hall–Kier alpha value is -4.47. The van der Waals surface area contributed by atoms with Crippen LogP contribution in [0.2, 0.25) is 0 Å². The van der Waals surface area contributed by atoms with Crippen molar-refractivity contribution >= 4 is 23.4 Å². The average molecular weight is 461 g/mol. The smallest absolute Gasteiger partial charge is 0.305 e. The Balaban J connectivity index is 1.48. The SMILES string of the molecule is COc1ccccc1C(=O)NNC(=O)c1oc2c(c1C)/C(=N/NC(=O)c1ccccn1)CCC2. The van der Waals surface area contributed by atoms with E-state index in [1.54, 1.807) is 49.4 Å². The highest BCUT2D eigenvalue weighted by atomic mass is 16.5. The van der Waals surface area contributed by atoms with Crippen LogP contribution in [0.4, 0.5) is 0 Å². The molecule has 1 aliphatic carbocycles. The normalized spacial score (nSPS) is 13.6. The van der Waals surface area contributed by atoms with Crippen molar-refractivity contribution < 1.29 is 23.5 Å². The minimum Gasteiger partial charge on any atom is -0.496 e. The summed E-state index contributed by atoms with van der Waals surface area (Å²) in [7, 11) is 1.46. The molecule has 10 heteroatoms. The fraction of sp³-hybridized carbons (Fsp3) is 0.208. The highest BCUT2D eigenvalue weighted by molar-refractivity contribution is 6.07. The Morgan fingerprint density at radius 1 is 1.00 bits per heavy atom. The third-order valence-electron chi connectivity index (χ3n) is 5.36. The van der Waals surface area contributed by atoms with Gasteiger partial charge in [-0.25, -0.2) is 5.43 Å². The van der Waals surface area contributed by atoms with Crippen LogP contribution in [0.1, 0.15) is 61.1 Å². The molecule has 0 unspecified atom stereocenters. The summed E-state index contributed by atoms with van der Waals surface area (Å²) in [4.78, 5) is 41.5. The first-order valence-corrected chi connectivity index (χ1v) is 10.6. The standard InChI is InChI=1S/C24H23N5O5/c1-14-20-16(26-28-23(31)17-9-5-6-13-25-17)10-7-12-19(20)34-21(14)24(32)29-27-22(30)15-8-3-4-11-18(15)33-2/h3-6,8-9,11,13H,7,10,12H2,1-2H3,(H,27,30)(H,28,31)(H,29,32)/b26-16+. The lowest BCUT2D eigenvalue weighted by Crippen LogP contribution is -2.41. The number of aryl methyl sites for hydroxylation is 1. The highest BCUT2D eigenvalue weighted by Gasteiger charge is 2.28. The number of hydrogen-bond donors (Lipinski definition) is 3. The van der Waals surface area contributed by atoms with Crippen LogP contribution in [0.3, 0.4) is 0 Å². The number of nitrogens with one attached hydrogen (secondary N) is 3. The molecular formula is C24H23N5O5. The number of para-hydroxylation sites is 1. The third-order valence-corrected chi connectivity index (χ3v) is 5.36. The Labute approximate surface area is 195 Å². The second-order valence-electron chi connectivity index (χ2n) is 7.53. The molecule has 0 aliphatic heterocycles. The van der Waals surface area contributed by atoms with Gasteiger partial charge >= 0.3 is 5.91 Å². The molecule has 3 amide bonds. The van der Waals surface area contributed by atoms with Crippen molar-refractivity contribution in [1.82, 2.24) is 21.3 Å². The van der Waals surface area contributed by atoms with E-state index in [1.807, 2.05) is 0 Å². The van der Waals surface area contributed by atoms with Gasteiger partial charge in [0.1, 0.15) is 17.2 Å². The van der Waals surface area contributed by atoms with E-state index >= 15 is 0 Å². The molecule has 3 N–H and O–H groups in total. The zero-order chi connectivity index (χ0) is 24.1. The van der Waals surface area contributed by atoms with Gasteiger partial charge < -0.3 is 9.15 Å². The number of hydrogen-bond acceptors (Lipinski definition) is 7. The van der Waals surface area contributed by atoms with Crippen molar-refractivity contribution in [2.24, 2.45) is 5.10 Å². The minimum atomic E-state index is -0.605. The molecule has 34 heavy (non-hydrogen) atoms. The number of amides is 3. The van der Waals surface area contributed by atoms with Gasteiger partial charge in [-0.15, -0.1) is 0 Å². The van der Waals surface area contributed by atoms with Gasteiger partial charge in [-0.2, -0.15) is 5.10 Å². The van der Waals surface area contributed by atoms with Crippen LogP contribution < -0.4 is 21.0 Å². The minimum absolute atomic E-state index is 0.0657. The maximum Gasteiger partial charge on any atom is 0.305 e. The van der Waals surface area contributed by atoms with Crippen LogP contribution in [0.15, 0.2) is 58.2 Å². The van der Waals surface area contributed by atoms with E-state index in [0.717, 1.165) is 6.42 Å². The Morgan fingerprint density at radius 2 is 1.76 bits per heavy atom. The molecule has 0 fully saturated rings. The van der Waals surface area contributed by atoms with Crippen molar-refractivity contribution in [1.29, 1.82) is 0 Å². The molecule has 0 bridgehead atoms. The summed E-state index contributed by atoms with van der Waals surface area (Å²) in [5.74, 6) is -0.510. The average Bonchev–Trinajstić information content (AvgIpc) is 3.23. The molecule has 174 valence electrons. The number of aromatic nitrogens is 1. The molecule has 0 radical (unpaired) electrons. The van der Waals surface area contributed by atoms with Crippen LogP contribution in [0, 0.1) is 6.92 Å². The van der Waals surface area contributed by atoms with Crippen LogP contribution in [-0.4, -0.2) is 35.5 Å². The predicted octanol–water partition coefficient (Wildman–Crippen LogP) is 2.54. The Bertz CT molecular complexity index is 1270. The number of carbonyl (C=O) groups is 3. The summed E-state index contributed by atoms with van der Waals surface area (Å²) in [6, 6.07) is 11.7.